The Morgan fingerprint density at radius 1 is 1.29 bits per heavy atom. The fraction of sp³-hybridized carbons (Fsp3) is 0.480. The zero-order valence-corrected chi connectivity index (χ0v) is 20.5. The fourth-order valence-electron chi connectivity index (χ4n) is 4.48. The van der Waals surface area contributed by atoms with Gasteiger partial charge in [0, 0.05) is 47.8 Å². The van der Waals surface area contributed by atoms with Crippen LogP contribution in [0.3, 0.4) is 0 Å². The van der Waals surface area contributed by atoms with E-state index in [4.69, 9.17) is 16.6 Å². The van der Waals surface area contributed by atoms with Gasteiger partial charge in [0.15, 0.2) is 0 Å². The molecule has 4 N–H and O–H groups in total. The van der Waals surface area contributed by atoms with Crippen LogP contribution in [0.15, 0.2) is 36.7 Å². The molecule has 1 aliphatic rings. The third-order valence-corrected chi connectivity index (χ3v) is 6.56. The highest BCUT2D eigenvalue weighted by atomic mass is 35.5. The summed E-state index contributed by atoms with van der Waals surface area (Å²) < 4.78 is 0. The Balaban J connectivity index is 1.33. The first-order chi connectivity index (χ1) is 16.4. The number of para-hydroxylation sites is 1. The van der Waals surface area contributed by atoms with Gasteiger partial charge in [-0.2, -0.15) is 0 Å². The first-order valence-electron chi connectivity index (χ1n) is 11.9. The quantitative estimate of drug-likeness (QED) is 0.369. The average Bonchev–Trinajstić information content (AvgIpc) is 3.27. The number of hydrogen-bond acceptors (Lipinski definition) is 6. The molecular weight excluding hydrogens is 452 g/mol. The molecule has 0 radical (unpaired) electrons. The smallest absolute Gasteiger partial charge is 0.236 e. The second kappa shape index (κ2) is 11.2. The van der Waals surface area contributed by atoms with Crippen LogP contribution in [0.5, 0.6) is 0 Å². The lowest BCUT2D eigenvalue weighted by Gasteiger charge is -2.33. The molecule has 0 spiro atoms. The molecule has 1 aromatic carbocycles. The van der Waals surface area contributed by atoms with Gasteiger partial charge >= 0.3 is 0 Å². The van der Waals surface area contributed by atoms with Gasteiger partial charge in [-0.05, 0) is 31.2 Å². The van der Waals surface area contributed by atoms with Gasteiger partial charge in [-0.15, -0.1) is 0 Å². The molecule has 4 rings (SSSR count). The predicted molar refractivity (Wildman–Crippen MR) is 136 cm³/mol. The van der Waals surface area contributed by atoms with Crippen LogP contribution >= 0.6 is 11.6 Å². The van der Waals surface area contributed by atoms with Crippen molar-refractivity contribution >= 4 is 34.4 Å². The summed E-state index contributed by atoms with van der Waals surface area (Å²) in [6, 6.07) is 8.18. The van der Waals surface area contributed by atoms with Crippen LogP contribution in [0.2, 0.25) is 5.02 Å². The minimum atomic E-state index is -0.0449. The lowest BCUT2D eigenvalue weighted by Crippen LogP contribution is -2.47. The number of halogens is 1. The Morgan fingerprint density at radius 3 is 2.79 bits per heavy atom. The number of amides is 1. The van der Waals surface area contributed by atoms with Gasteiger partial charge in [-0.1, -0.05) is 43.6 Å². The molecule has 0 bridgehead atoms. The average molecular weight is 485 g/mol. The highest BCUT2D eigenvalue weighted by molar-refractivity contribution is 6.33. The van der Waals surface area contributed by atoms with Gasteiger partial charge in [-0.25, -0.2) is 9.97 Å². The molecule has 9 heteroatoms. The van der Waals surface area contributed by atoms with Crippen molar-refractivity contribution < 1.29 is 9.90 Å². The summed E-state index contributed by atoms with van der Waals surface area (Å²) in [7, 11) is 0. The van der Waals surface area contributed by atoms with Crippen LogP contribution in [0, 0.1) is 5.92 Å². The zero-order chi connectivity index (χ0) is 24.1. The van der Waals surface area contributed by atoms with E-state index in [0.29, 0.717) is 35.7 Å². The second-order valence-corrected chi connectivity index (χ2v) is 9.73. The molecule has 1 amide bonds. The SMILES string of the molecule is CC(C)CC(CO)NCC(=O)N1CCC(Nc2ncc(Cl)c(-c3c[nH]c4ccccc34)n2)CC1. The minimum Gasteiger partial charge on any atom is -0.395 e. The molecule has 1 aliphatic heterocycles. The number of carbonyl (C=O) groups is 1. The van der Waals surface area contributed by atoms with E-state index in [-0.39, 0.29) is 31.1 Å². The summed E-state index contributed by atoms with van der Waals surface area (Å²) in [6.45, 7) is 5.86. The number of aromatic nitrogens is 3. The molecule has 1 fully saturated rings. The van der Waals surface area contributed by atoms with E-state index >= 15 is 0 Å². The normalized spacial score (nSPS) is 15.7. The van der Waals surface area contributed by atoms with Crippen molar-refractivity contribution in [2.45, 2.75) is 45.2 Å². The number of H-pyrrole nitrogens is 1. The second-order valence-electron chi connectivity index (χ2n) is 9.33. The highest BCUT2D eigenvalue weighted by Gasteiger charge is 2.24. The fourth-order valence-corrected chi connectivity index (χ4v) is 4.68. The topological polar surface area (TPSA) is 106 Å². The number of benzene rings is 1. The molecule has 1 saturated heterocycles. The third kappa shape index (κ3) is 5.87. The van der Waals surface area contributed by atoms with Gasteiger partial charge < -0.3 is 25.6 Å². The van der Waals surface area contributed by atoms with Gasteiger partial charge in [0.05, 0.1) is 30.1 Å². The summed E-state index contributed by atoms with van der Waals surface area (Å²) in [5.74, 6) is 1.08. The van der Waals surface area contributed by atoms with Crippen LogP contribution in [-0.2, 0) is 4.79 Å². The van der Waals surface area contributed by atoms with Gasteiger partial charge in [0.2, 0.25) is 11.9 Å². The number of nitrogens with one attached hydrogen (secondary N) is 3. The van der Waals surface area contributed by atoms with Crippen molar-refractivity contribution in [3.8, 4) is 11.3 Å². The van der Waals surface area contributed by atoms with Crippen LogP contribution in [-0.4, -0.2) is 69.2 Å². The Morgan fingerprint density at radius 2 is 2.06 bits per heavy atom. The summed E-state index contributed by atoms with van der Waals surface area (Å²) >= 11 is 6.44. The lowest BCUT2D eigenvalue weighted by atomic mass is 10.0. The van der Waals surface area contributed by atoms with Crippen molar-refractivity contribution in [2.75, 3.05) is 31.6 Å². The number of rotatable bonds is 9. The van der Waals surface area contributed by atoms with E-state index in [1.165, 1.54) is 0 Å². The number of aliphatic hydroxyl groups excluding tert-OH is 1. The molecule has 1 unspecified atom stereocenters. The molecule has 3 heterocycles. The Kier molecular flexibility index (Phi) is 8.03. The third-order valence-electron chi connectivity index (χ3n) is 6.29. The van der Waals surface area contributed by atoms with Crippen LogP contribution < -0.4 is 10.6 Å². The first-order valence-corrected chi connectivity index (χ1v) is 12.3. The summed E-state index contributed by atoms with van der Waals surface area (Å²) in [4.78, 5) is 26.8. The number of likely N-dealkylation sites (tertiary alicyclic amines) is 1. The van der Waals surface area contributed by atoms with Crippen molar-refractivity contribution in [3.63, 3.8) is 0 Å². The molecular formula is C25H33ClN6O2. The number of hydrogen-bond donors (Lipinski definition) is 4. The standard InChI is InChI=1S/C25H33ClN6O2/c1-16(2)11-18(15-33)27-14-23(34)32-9-7-17(8-10-32)30-25-29-13-21(26)24(31-25)20-12-28-22-6-4-3-5-19(20)22/h3-6,12-13,16-18,27-28,33H,7-11,14-15H2,1-2H3,(H,29,30,31). The van der Waals surface area contributed by atoms with Gasteiger partial charge in [-0.3, -0.25) is 4.79 Å². The van der Waals surface area contributed by atoms with Crippen LogP contribution in [0.1, 0.15) is 33.1 Å². The number of carbonyl (C=O) groups excluding carboxylic acids is 1. The zero-order valence-electron chi connectivity index (χ0n) is 19.7. The minimum absolute atomic E-state index is 0.0408. The number of piperidine rings is 1. The highest BCUT2D eigenvalue weighted by Crippen LogP contribution is 2.32. The Labute approximate surface area is 205 Å². The number of aromatic amines is 1. The summed E-state index contributed by atoms with van der Waals surface area (Å²) in [5, 5.41) is 17.7. The Hall–Kier alpha value is -2.68. The first kappa shape index (κ1) is 24.4. The van der Waals surface area contributed by atoms with Crippen molar-refractivity contribution in [1.82, 2.24) is 25.2 Å². The largest absolute Gasteiger partial charge is 0.395 e. The maximum absolute atomic E-state index is 12.6. The number of anilines is 1. The van der Waals surface area contributed by atoms with Crippen molar-refractivity contribution in [1.29, 1.82) is 0 Å². The predicted octanol–water partition coefficient (Wildman–Crippen LogP) is 3.68. The van der Waals surface area contributed by atoms with Crippen molar-refractivity contribution in [2.24, 2.45) is 5.92 Å². The maximum Gasteiger partial charge on any atom is 0.236 e. The van der Waals surface area contributed by atoms with E-state index in [9.17, 15) is 9.90 Å². The molecule has 34 heavy (non-hydrogen) atoms. The molecule has 2 aromatic heterocycles. The van der Waals surface area contributed by atoms with E-state index in [1.54, 1.807) is 6.20 Å². The molecule has 3 aromatic rings. The maximum atomic E-state index is 12.6. The molecule has 0 saturated carbocycles. The van der Waals surface area contributed by atoms with E-state index in [1.807, 2.05) is 35.4 Å². The van der Waals surface area contributed by atoms with Crippen molar-refractivity contribution in [3.05, 3.63) is 41.7 Å². The van der Waals surface area contributed by atoms with E-state index in [0.717, 1.165) is 35.7 Å². The van der Waals surface area contributed by atoms with Crippen LogP contribution in [0.4, 0.5) is 5.95 Å². The molecule has 8 nitrogen and oxygen atoms in total. The van der Waals surface area contributed by atoms with E-state index < -0.39 is 0 Å². The van der Waals surface area contributed by atoms with Gasteiger partial charge in [0.1, 0.15) is 0 Å². The summed E-state index contributed by atoms with van der Waals surface area (Å²) in [6.07, 6.45) is 6.03. The lowest BCUT2D eigenvalue weighted by molar-refractivity contribution is -0.131. The Bertz CT molecular complexity index is 1110. The van der Waals surface area contributed by atoms with Gasteiger partial charge in [0.25, 0.3) is 0 Å². The number of aliphatic hydroxyl groups is 1. The molecule has 1 atom stereocenters. The van der Waals surface area contributed by atoms with Crippen LogP contribution in [0.25, 0.3) is 22.2 Å². The molecule has 182 valence electrons. The summed E-state index contributed by atoms with van der Waals surface area (Å²) in [5.41, 5.74) is 2.66. The monoisotopic (exact) mass is 484 g/mol. The van der Waals surface area contributed by atoms with E-state index in [2.05, 4.69) is 34.4 Å². The molecule has 0 aliphatic carbocycles. The number of nitrogens with zero attached hydrogens (tertiary/aromatic N) is 3. The number of fused-ring (bicyclic) bond motifs is 1.